The highest BCUT2D eigenvalue weighted by Crippen LogP contribution is 2.62. The smallest absolute Gasteiger partial charge is 0.328 e. The molecule has 0 aromatic heterocycles. The molecule has 0 bridgehead atoms. The van der Waals surface area contributed by atoms with E-state index in [2.05, 4.69) is 29.2 Å². The van der Waals surface area contributed by atoms with E-state index in [0.29, 0.717) is 5.92 Å². The van der Waals surface area contributed by atoms with Crippen LogP contribution in [0.15, 0.2) is 0 Å². The zero-order valence-electron chi connectivity index (χ0n) is 11.8. The molecule has 7 heteroatoms. The quantitative estimate of drug-likeness (QED) is 0.725. The van der Waals surface area contributed by atoms with Gasteiger partial charge in [-0.15, -0.1) is 0 Å². The van der Waals surface area contributed by atoms with E-state index in [4.69, 9.17) is 0 Å². The van der Waals surface area contributed by atoms with Crippen molar-refractivity contribution >= 4 is 11.9 Å². The lowest BCUT2D eigenvalue weighted by Gasteiger charge is -2.22. The standard InChI is InChI=1S/C13H20F2N2O3/c1-13(2)6-5-16-10(9(6)13)11(18)17-7(4-8(14)15)12(19)20-3/h6-10,16H,4-5H2,1-3H3,(H,17,18)/t6-,7-,9-,10-/m0/s1. The number of hydrogen-bond donors (Lipinski definition) is 2. The van der Waals surface area contributed by atoms with Gasteiger partial charge in [-0.1, -0.05) is 13.8 Å². The average Bonchev–Trinajstić information content (AvgIpc) is 2.78. The van der Waals surface area contributed by atoms with Crippen LogP contribution in [0.25, 0.3) is 0 Å². The van der Waals surface area contributed by atoms with Gasteiger partial charge < -0.3 is 15.4 Å². The van der Waals surface area contributed by atoms with Gasteiger partial charge in [-0.25, -0.2) is 13.6 Å². The molecule has 1 amide bonds. The Kier molecular flexibility index (Phi) is 4.00. The van der Waals surface area contributed by atoms with Crippen molar-refractivity contribution in [3.63, 3.8) is 0 Å². The summed E-state index contributed by atoms with van der Waals surface area (Å²) in [6, 6.07) is -1.71. The minimum atomic E-state index is -2.68. The second-order valence-corrected chi connectivity index (χ2v) is 6.05. The number of hydrogen-bond acceptors (Lipinski definition) is 4. The predicted octanol–water partition coefficient (Wildman–Crippen LogP) is 0.543. The van der Waals surface area contributed by atoms with Crippen molar-refractivity contribution < 1.29 is 23.1 Å². The van der Waals surface area contributed by atoms with Crippen LogP contribution in [0.5, 0.6) is 0 Å². The Labute approximate surface area is 116 Å². The summed E-state index contributed by atoms with van der Waals surface area (Å²) in [6.07, 6.45) is -3.41. The fraction of sp³-hybridized carbons (Fsp3) is 0.846. The largest absolute Gasteiger partial charge is 0.467 e. The van der Waals surface area contributed by atoms with Gasteiger partial charge in [-0.3, -0.25) is 4.79 Å². The number of fused-ring (bicyclic) bond motifs is 1. The summed E-state index contributed by atoms with van der Waals surface area (Å²) in [5, 5.41) is 5.46. The van der Waals surface area contributed by atoms with Crippen LogP contribution < -0.4 is 10.6 Å². The highest BCUT2D eigenvalue weighted by atomic mass is 19.3. The zero-order chi connectivity index (χ0) is 15.1. The van der Waals surface area contributed by atoms with Crippen molar-refractivity contribution in [2.24, 2.45) is 17.3 Å². The first-order valence-electron chi connectivity index (χ1n) is 6.68. The van der Waals surface area contributed by atoms with Gasteiger partial charge in [0.2, 0.25) is 12.3 Å². The normalized spacial score (nSPS) is 31.6. The molecule has 1 saturated heterocycles. The van der Waals surface area contributed by atoms with E-state index in [9.17, 15) is 18.4 Å². The maximum Gasteiger partial charge on any atom is 0.328 e. The average molecular weight is 290 g/mol. The number of ether oxygens (including phenoxy) is 1. The molecule has 2 N–H and O–H groups in total. The molecule has 114 valence electrons. The Morgan fingerprint density at radius 3 is 2.55 bits per heavy atom. The number of alkyl halides is 2. The molecule has 1 aliphatic carbocycles. The molecule has 0 aromatic rings. The molecule has 20 heavy (non-hydrogen) atoms. The van der Waals surface area contributed by atoms with Crippen molar-refractivity contribution in [3.05, 3.63) is 0 Å². The molecule has 0 aromatic carbocycles. The Morgan fingerprint density at radius 1 is 1.45 bits per heavy atom. The first kappa shape index (κ1) is 15.2. The summed E-state index contributed by atoms with van der Waals surface area (Å²) in [6.45, 7) is 4.91. The molecule has 1 heterocycles. The number of methoxy groups -OCH3 is 1. The van der Waals surface area contributed by atoms with E-state index in [0.717, 1.165) is 13.7 Å². The van der Waals surface area contributed by atoms with Crippen LogP contribution in [0.1, 0.15) is 20.3 Å². The third-order valence-electron chi connectivity index (χ3n) is 4.55. The second kappa shape index (κ2) is 5.27. The van der Waals surface area contributed by atoms with Crippen LogP contribution >= 0.6 is 0 Å². The fourth-order valence-electron chi connectivity index (χ4n) is 3.27. The summed E-state index contributed by atoms with van der Waals surface area (Å²) in [5.41, 5.74) is 0.0940. The number of nitrogens with one attached hydrogen (secondary N) is 2. The molecule has 0 unspecified atom stereocenters. The van der Waals surface area contributed by atoms with E-state index in [1.807, 2.05) is 0 Å². The number of carbonyl (C=O) groups excluding carboxylic acids is 2. The SMILES string of the molecule is COC(=O)[C@H](CC(F)F)NC(=O)[C@H]1NC[C@H]2[C@@H]1C2(C)C. The summed E-state index contributed by atoms with van der Waals surface area (Å²) >= 11 is 0. The number of esters is 1. The number of piperidine rings is 1. The monoisotopic (exact) mass is 290 g/mol. The van der Waals surface area contributed by atoms with Crippen molar-refractivity contribution in [3.8, 4) is 0 Å². The molecule has 2 aliphatic rings. The van der Waals surface area contributed by atoms with Gasteiger partial charge in [0.1, 0.15) is 6.04 Å². The van der Waals surface area contributed by atoms with E-state index in [1.54, 1.807) is 0 Å². The zero-order valence-corrected chi connectivity index (χ0v) is 11.8. The molecule has 0 spiro atoms. The Bertz CT molecular complexity index is 414. The van der Waals surface area contributed by atoms with Crippen LogP contribution in [0, 0.1) is 17.3 Å². The van der Waals surface area contributed by atoms with E-state index in [1.165, 1.54) is 0 Å². The number of carbonyl (C=O) groups is 2. The third kappa shape index (κ3) is 2.63. The van der Waals surface area contributed by atoms with Crippen LogP contribution in [0.2, 0.25) is 0 Å². The lowest BCUT2D eigenvalue weighted by atomic mass is 10.0. The van der Waals surface area contributed by atoms with Crippen LogP contribution in [0.4, 0.5) is 8.78 Å². The summed E-state index contributed by atoms with van der Waals surface area (Å²) < 4.78 is 29.3. The van der Waals surface area contributed by atoms with Crippen LogP contribution in [-0.4, -0.2) is 44.0 Å². The first-order chi connectivity index (χ1) is 9.28. The minimum absolute atomic E-state index is 0.0940. The number of rotatable bonds is 5. The van der Waals surface area contributed by atoms with Gasteiger partial charge >= 0.3 is 5.97 Å². The Balaban J connectivity index is 1.97. The molecule has 1 saturated carbocycles. The van der Waals surface area contributed by atoms with E-state index >= 15 is 0 Å². The number of halogens is 2. The van der Waals surface area contributed by atoms with Gasteiger partial charge in [-0.2, -0.15) is 0 Å². The van der Waals surface area contributed by atoms with Crippen LogP contribution in [-0.2, 0) is 14.3 Å². The van der Waals surface area contributed by atoms with Crippen molar-refractivity contribution in [1.82, 2.24) is 10.6 Å². The van der Waals surface area contributed by atoms with Crippen molar-refractivity contribution in [2.75, 3.05) is 13.7 Å². The highest BCUT2D eigenvalue weighted by molar-refractivity contribution is 5.88. The third-order valence-corrected chi connectivity index (χ3v) is 4.55. The molecular weight excluding hydrogens is 270 g/mol. The minimum Gasteiger partial charge on any atom is -0.467 e. The fourth-order valence-corrected chi connectivity index (χ4v) is 3.27. The molecule has 0 radical (unpaired) electrons. The predicted molar refractivity (Wildman–Crippen MR) is 67.1 cm³/mol. The first-order valence-corrected chi connectivity index (χ1v) is 6.68. The maximum atomic E-state index is 12.4. The van der Waals surface area contributed by atoms with E-state index in [-0.39, 0.29) is 11.3 Å². The molecular formula is C13H20F2N2O3. The molecule has 4 atom stereocenters. The van der Waals surface area contributed by atoms with Gasteiger partial charge in [-0.05, 0) is 23.8 Å². The molecule has 2 rings (SSSR count). The van der Waals surface area contributed by atoms with Crippen molar-refractivity contribution in [1.29, 1.82) is 0 Å². The summed E-state index contributed by atoms with van der Waals surface area (Å²) in [4.78, 5) is 23.6. The molecule has 1 aliphatic heterocycles. The Hall–Kier alpha value is -1.24. The van der Waals surface area contributed by atoms with E-state index < -0.39 is 36.8 Å². The van der Waals surface area contributed by atoms with Gasteiger partial charge in [0.25, 0.3) is 0 Å². The lowest BCUT2D eigenvalue weighted by Crippen LogP contribution is -2.51. The lowest BCUT2D eigenvalue weighted by molar-refractivity contribution is -0.146. The van der Waals surface area contributed by atoms with Gasteiger partial charge in [0.15, 0.2) is 0 Å². The second-order valence-electron chi connectivity index (χ2n) is 6.05. The topological polar surface area (TPSA) is 67.4 Å². The molecule has 2 fully saturated rings. The van der Waals surface area contributed by atoms with Crippen molar-refractivity contribution in [2.45, 2.75) is 38.8 Å². The summed E-state index contributed by atoms with van der Waals surface area (Å²) in [7, 11) is 1.11. The van der Waals surface area contributed by atoms with Gasteiger partial charge in [0.05, 0.1) is 13.2 Å². The Morgan fingerprint density at radius 2 is 2.10 bits per heavy atom. The molecule has 5 nitrogen and oxygen atoms in total. The maximum absolute atomic E-state index is 12.4. The number of amides is 1. The van der Waals surface area contributed by atoms with Gasteiger partial charge in [0, 0.05) is 6.42 Å². The summed E-state index contributed by atoms with van der Waals surface area (Å²) in [5.74, 6) is -0.611. The highest BCUT2D eigenvalue weighted by Gasteiger charge is 2.65. The van der Waals surface area contributed by atoms with Crippen LogP contribution in [0.3, 0.4) is 0 Å².